The summed E-state index contributed by atoms with van der Waals surface area (Å²) >= 11 is 0. The van der Waals surface area contributed by atoms with Crippen molar-refractivity contribution in [2.45, 2.75) is 39.0 Å². The van der Waals surface area contributed by atoms with Crippen molar-refractivity contribution >= 4 is 16.9 Å². The fourth-order valence-corrected chi connectivity index (χ4v) is 3.50. The van der Waals surface area contributed by atoms with Crippen LogP contribution in [0.2, 0.25) is 0 Å². The van der Waals surface area contributed by atoms with Crippen molar-refractivity contribution in [2.75, 3.05) is 7.11 Å². The molecule has 2 aromatic heterocycles. The number of nitrogens with zero attached hydrogens (tertiary/aromatic N) is 2. The minimum absolute atomic E-state index is 0.0218. The van der Waals surface area contributed by atoms with Crippen molar-refractivity contribution in [3.8, 4) is 11.1 Å². The van der Waals surface area contributed by atoms with Crippen LogP contribution in [-0.4, -0.2) is 28.4 Å². The predicted molar refractivity (Wildman–Crippen MR) is 104 cm³/mol. The normalized spacial score (nSPS) is 11.8. The van der Waals surface area contributed by atoms with Crippen LogP contribution in [0.3, 0.4) is 0 Å². The van der Waals surface area contributed by atoms with Crippen LogP contribution in [0.5, 0.6) is 0 Å². The van der Waals surface area contributed by atoms with Gasteiger partial charge in [0.2, 0.25) is 0 Å². The summed E-state index contributed by atoms with van der Waals surface area (Å²) in [5, 5.41) is 0.884. The zero-order valence-corrected chi connectivity index (χ0v) is 16.1. The molecule has 0 aliphatic carbocycles. The summed E-state index contributed by atoms with van der Waals surface area (Å²) in [6.45, 7) is 1.87. The lowest BCUT2D eigenvalue weighted by Gasteiger charge is -2.11. The minimum Gasteiger partial charge on any atom is -0.468 e. The number of pyridine rings is 1. The van der Waals surface area contributed by atoms with Gasteiger partial charge in [0.1, 0.15) is 6.54 Å². The number of benzene rings is 1. The number of aryl methyl sites for hydroxylation is 1. The van der Waals surface area contributed by atoms with Gasteiger partial charge in [-0.2, -0.15) is 13.2 Å². The Morgan fingerprint density at radius 3 is 2.55 bits per heavy atom. The predicted octanol–water partition coefficient (Wildman–Crippen LogP) is 4.29. The van der Waals surface area contributed by atoms with Crippen LogP contribution in [0.25, 0.3) is 22.0 Å². The van der Waals surface area contributed by atoms with Gasteiger partial charge in [0, 0.05) is 53.0 Å². The molecule has 0 radical (unpaired) electrons. The molecular formula is C21H21F3N2O3. The van der Waals surface area contributed by atoms with Gasteiger partial charge in [-0.15, -0.1) is 0 Å². The standard InChI is InChI=1S/C21H21F3N2O3/c1-14-20(16-6-3-4-7-17(16)26(14)13-19(28)29-2)15-8-9-18(27)25(12-15)11-5-10-21(22,23)24/h3-4,6-9,12H,5,10-11,13H2,1-2H3. The summed E-state index contributed by atoms with van der Waals surface area (Å²) in [7, 11) is 1.32. The molecule has 0 aliphatic heterocycles. The van der Waals surface area contributed by atoms with E-state index in [4.69, 9.17) is 4.74 Å². The van der Waals surface area contributed by atoms with Gasteiger partial charge in [0.25, 0.3) is 5.56 Å². The molecule has 154 valence electrons. The second-order valence-electron chi connectivity index (χ2n) is 6.81. The van der Waals surface area contributed by atoms with Gasteiger partial charge < -0.3 is 13.9 Å². The Kier molecular flexibility index (Phi) is 5.81. The number of halogens is 3. The maximum absolute atomic E-state index is 12.4. The SMILES string of the molecule is COC(=O)Cn1c(C)c(-c2ccc(=O)n(CCCC(F)(F)F)c2)c2ccccc21. The molecule has 0 atom stereocenters. The number of fused-ring (bicyclic) bond motifs is 1. The molecule has 0 saturated carbocycles. The quantitative estimate of drug-likeness (QED) is 0.574. The zero-order valence-electron chi connectivity index (χ0n) is 16.1. The van der Waals surface area contributed by atoms with Gasteiger partial charge in [0.05, 0.1) is 7.11 Å². The van der Waals surface area contributed by atoms with E-state index in [0.717, 1.165) is 22.2 Å². The lowest BCUT2D eigenvalue weighted by Crippen LogP contribution is -2.20. The molecule has 0 unspecified atom stereocenters. The Hall–Kier alpha value is -3.03. The lowest BCUT2D eigenvalue weighted by molar-refractivity contribution is -0.141. The average Bonchev–Trinajstić information content (AvgIpc) is 2.94. The van der Waals surface area contributed by atoms with Gasteiger partial charge in [0.15, 0.2) is 0 Å². The van der Waals surface area contributed by atoms with Crippen molar-refractivity contribution < 1.29 is 22.7 Å². The summed E-state index contributed by atoms with van der Waals surface area (Å²) in [5.41, 5.74) is 2.81. The molecule has 0 bridgehead atoms. The summed E-state index contributed by atoms with van der Waals surface area (Å²) in [6, 6.07) is 10.5. The van der Waals surface area contributed by atoms with E-state index < -0.39 is 18.6 Å². The molecule has 2 heterocycles. The Labute approximate surface area is 165 Å². The molecule has 8 heteroatoms. The van der Waals surface area contributed by atoms with Crippen LogP contribution >= 0.6 is 0 Å². The molecule has 1 aromatic carbocycles. The van der Waals surface area contributed by atoms with E-state index in [1.807, 2.05) is 35.8 Å². The Bertz CT molecular complexity index is 1100. The number of rotatable bonds is 6. The lowest BCUT2D eigenvalue weighted by atomic mass is 10.0. The number of alkyl halides is 3. The Morgan fingerprint density at radius 2 is 1.86 bits per heavy atom. The number of hydrogen-bond donors (Lipinski definition) is 0. The van der Waals surface area contributed by atoms with Crippen LogP contribution < -0.4 is 5.56 Å². The summed E-state index contributed by atoms with van der Waals surface area (Å²) in [4.78, 5) is 24.0. The molecule has 3 rings (SSSR count). The molecule has 0 fully saturated rings. The average molecular weight is 406 g/mol. The maximum atomic E-state index is 12.4. The fourth-order valence-electron chi connectivity index (χ4n) is 3.50. The van der Waals surface area contributed by atoms with E-state index >= 15 is 0 Å². The highest BCUT2D eigenvalue weighted by molar-refractivity contribution is 5.98. The van der Waals surface area contributed by atoms with E-state index in [9.17, 15) is 22.8 Å². The largest absolute Gasteiger partial charge is 0.468 e. The molecule has 0 N–H and O–H groups in total. The number of esters is 1. The van der Waals surface area contributed by atoms with Gasteiger partial charge in [-0.25, -0.2) is 0 Å². The van der Waals surface area contributed by atoms with E-state index in [2.05, 4.69) is 0 Å². The number of aromatic nitrogens is 2. The first kappa shape index (κ1) is 20.7. The number of carbonyl (C=O) groups excluding carboxylic acids is 1. The van der Waals surface area contributed by atoms with Crippen LogP contribution in [0.15, 0.2) is 47.4 Å². The number of ether oxygens (including phenoxy) is 1. The zero-order chi connectivity index (χ0) is 21.2. The summed E-state index contributed by atoms with van der Waals surface area (Å²) < 4.78 is 45.2. The highest BCUT2D eigenvalue weighted by Gasteiger charge is 2.26. The fraction of sp³-hybridized carbons (Fsp3) is 0.333. The molecule has 0 saturated heterocycles. The van der Waals surface area contributed by atoms with Crippen molar-refractivity contribution in [3.05, 3.63) is 58.6 Å². The molecular weight excluding hydrogens is 385 g/mol. The third-order valence-electron chi connectivity index (χ3n) is 4.88. The number of methoxy groups -OCH3 is 1. The van der Waals surface area contributed by atoms with Crippen LogP contribution in [-0.2, 0) is 22.6 Å². The smallest absolute Gasteiger partial charge is 0.389 e. The molecule has 3 aromatic rings. The van der Waals surface area contributed by atoms with Gasteiger partial charge in [-0.1, -0.05) is 18.2 Å². The summed E-state index contributed by atoms with van der Waals surface area (Å²) in [6.07, 6.45) is -3.79. The molecule has 29 heavy (non-hydrogen) atoms. The second kappa shape index (κ2) is 8.14. The highest BCUT2D eigenvalue weighted by atomic mass is 19.4. The molecule has 5 nitrogen and oxygen atoms in total. The number of hydrogen-bond acceptors (Lipinski definition) is 3. The Balaban J connectivity index is 2.05. The van der Waals surface area contributed by atoms with Crippen LogP contribution in [0.4, 0.5) is 13.2 Å². The van der Waals surface area contributed by atoms with Crippen LogP contribution in [0.1, 0.15) is 18.5 Å². The molecule has 0 amide bonds. The Morgan fingerprint density at radius 1 is 1.14 bits per heavy atom. The van der Waals surface area contributed by atoms with Crippen molar-refractivity contribution in [2.24, 2.45) is 0 Å². The minimum atomic E-state index is -4.25. The van der Waals surface area contributed by atoms with Gasteiger partial charge in [-0.3, -0.25) is 9.59 Å². The molecule has 0 spiro atoms. The monoisotopic (exact) mass is 406 g/mol. The van der Waals surface area contributed by atoms with E-state index in [-0.39, 0.29) is 25.1 Å². The third kappa shape index (κ3) is 4.52. The highest BCUT2D eigenvalue weighted by Crippen LogP contribution is 2.34. The maximum Gasteiger partial charge on any atom is 0.389 e. The van der Waals surface area contributed by atoms with Crippen molar-refractivity contribution in [1.82, 2.24) is 9.13 Å². The third-order valence-corrected chi connectivity index (χ3v) is 4.88. The number of carbonyl (C=O) groups is 1. The van der Waals surface area contributed by atoms with E-state index in [1.54, 1.807) is 12.3 Å². The topological polar surface area (TPSA) is 53.2 Å². The number of para-hydroxylation sites is 1. The first-order valence-electron chi connectivity index (χ1n) is 9.13. The van der Waals surface area contributed by atoms with E-state index in [0.29, 0.717) is 5.56 Å². The van der Waals surface area contributed by atoms with Gasteiger partial charge in [-0.05, 0) is 25.5 Å². The second-order valence-corrected chi connectivity index (χ2v) is 6.81. The van der Waals surface area contributed by atoms with Crippen molar-refractivity contribution in [3.63, 3.8) is 0 Å². The first-order chi connectivity index (χ1) is 13.7. The van der Waals surface area contributed by atoms with Crippen molar-refractivity contribution in [1.29, 1.82) is 0 Å². The van der Waals surface area contributed by atoms with Gasteiger partial charge >= 0.3 is 12.1 Å². The van der Waals surface area contributed by atoms with Crippen LogP contribution in [0, 0.1) is 6.92 Å². The van der Waals surface area contributed by atoms with E-state index in [1.165, 1.54) is 17.7 Å². The summed E-state index contributed by atoms with van der Waals surface area (Å²) in [5.74, 6) is -0.391. The molecule has 0 aliphatic rings. The first-order valence-corrected chi connectivity index (χ1v) is 9.13.